The number of ether oxygens (including phenoxy) is 1. The van der Waals surface area contributed by atoms with Crippen molar-refractivity contribution < 1.29 is 13.2 Å². The van der Waals surface area contributed by atoms with Gasteiger partial charge in [-0.1, -0.05) is 31.5 Å². The predicted octanol–water partition coefficient (Wildman–Crippen LogP) is 3.76. The van der Waals surface area contributed by atoms with E-state index in [1.165, 1.54) is 7.11 Å². The van der Waals surface area contributed by atoms with Crippen LogP contribution in [0.15, 0.2) is 47.4 Å². The van der Waals surface area contributed by atoms with Crippen LogP contribution in [-0.4, -0.2) is 15.5 Å². The molecule has 0 unspecified atom stereocenters. The topological polar surface area (TPSA) is 55.4 Å². The Bertz CT molecular complexity index is 737. The lowest BCUT2D eigenvalue weighted by Gasteiger charge is -2.12. The van der Waals surface area contributed by atoms with Crippen LogP contribution in [0.25, 0.3) is 0 Å². The maximum absolute atomic E-state index is 12.5. The number of anilines is 1. The van der Waals surface area contributed by atoms with Gasteiger partial charge in [-0.05, 0) is 48.7 Å². The molecule has 0 aliphatic carbocycles. The lowest BCUT2D eigenvalue weighted by atomic mass is 10.1. The second-order valence-electron chi connectivity index (χ2n) is 5.20. The average molecular weight is 319 g/mol. The number of aryl methyl sites for hydroxylation is 2. The van der Waals surface area contributed by atoms with E-state index in [0.29, 0.717) is 11.4 Å². The van der Waals surface area contributed by atoms with Crippen molar-refractivity contribution in [2.45, 2.75) is 31.6 Å². The fourth-order valence-electron chi connectivity index (χ4n) is 2.21. The van der Waals surface area contributed by atoms with Gasteiger partial charge >= 0.3 is 0 Å². The molecule has 4 nitrogen and oxygen atoms in total. The molecular formula is C17H21NO3S. The number of nitrogens with one attached hydrogen (secondary N) is 1. The minimum absolute atomic E-state index is 0.245. The Morgan fingerprint density at radius 2 is 1.77 bits per heavy atom. The summed E-state index contributed by atoms with van der Waals surface area (Å²) in [5.74, 6) is 0.506. The second kappa shape index (κ2) is 6.83. The Hall–Kier alpha value is -2.01. The van der Waals surface area contributed by atoms with Gasteiger partial charge in [0.05, 0.1) is 17.7 Å². The van der Waals surface area contributed by atoms with Crippen LogP contribution in [0.5, 0.6) is 5.75 Å². The number of hydrogen-bond donors (Lipinski definition) is 1. The molecule has 5 heteroatoms. The lowest BCUT2D eigenvalue weighted by molar-refractivity contribution is 0.416. The molecule has 0 saturated carbocycles. The number of hydrogen-bond acceptors (Lipinski definition) is 3. The SMILES string of the molecule is CCCc1ccc(S(=O)(=O)Nc2ccc(C)cc2OC)cc1. The zero-order valence-corrected chi connectivity index (χ0v) is 13.9. The average Bonchev–Trinajstić information content (AvgIpc) is 2.50. The van der Waals surface area contributed by atoms with Crippen LogP contribution in [0.4, 0.5) is 5.69 Å². The molecule has 2 aromatic carbocycles. The molecule has 0 fully saturated rings. The monoisotopic (exact) mass is 319 g/mol. The zero-order valence-electron chi connectivity index (χ0n) is 13.1. The van der Waals surface area contributed by atoms with E-state index in [1.54, 1.807) is 24.3 Å². The van der Waals surface area contributed by atoms with Gasteiger partial charge in [-0.2, -0.15) is 0 Å². The Labute approximate surface area is 132 Å². The zero-order chi connectivity index (χ0) is 16.2. The number of benzene rings is 2. The maximum Gasteiger partial charge on any atom is 0.262 e. The van der Waals surface area contributed by atoms with Crippen LogP contribution in [-0.2, 0) is 16.4 Å². The van der Waals surface area contributed by atoms with Crippen molar-refractivity contribution >= 4 is 15.7 Å². The fourth-order valence-corrected chi connectivity index (χ4v) is 3.28. The fraction of sp³-hybridized carbons (Fsp3) is 0.294. The first-order valence-corrected chi connectivity index (χ1v) is 8.71. The van der Waals surface area contributed by atoms with E-state index in [1.807, 2.05) is 25.1 Å². The highest BCUT2D eigenvalue weighted by molar-refractivity contribution is 7.92. The standard InChI is InChI=1S/C17H21NO3S/c1-4-5-14-7-9-15(10-8-14)22(19,20)18-16-11-6-13(2)12-17(16)21-3/h6-12,18H,4-5H2,1-3H3. The Morgan fingerprint density at radius 1 is 1.09 bits per heavy atom. The summed E-state index contributed by atoms with van der Waals surface area (Å²) < 4.78 is 32.7. The first-order chi connectivity index (χ1) is 10.5. The molecule has 0 aliphatic rings. The van der Waals surface area contributed by atoms with Crippen molar-refractivity contribution in [1.82, 2.24) is 0 Å². The highest BCUT2D eigenvalue weighted by atomic mass is 32.2. The molecule has 118 valence electrons. The summed E-state index contributed by atoms with van der Waals surface area (Å²) in [6.07, 6.45) is 1.98. The summed E-state index contributed by atoms with van der Waals surface area (Å²) in [5, 5.41) is 0. The van der Waals surface area contributed by atoms with Crippen molar-refractivity contribution in [2.75, 3.05) is 11.8 Å². The summed E-state index contributed by atoms with van der Waals surface area (Å²) in [5.41, 5.74) is 2.57. The molecule has 0 spiro atoms. The van der Waals surface area contributed by atoms with Gasteiger partial charge in [0, 0.05) is 0 Å². The molecule has 0 aliphatic heterocycles. The quantitative estimate of drug-likeness (QED) is 0.882. The first-order valence-electron chi connectivity index (χ1n) is 7.22. The van der Waals surface area contributed by atoms with Gasteiger partial charge in [0.1, 0.15) is 5.75 Å². The molecule has 2 rings (SSSR count). The third-order valence-corrected chi connectivity index (χ3v) is 4.76. The van der Waals surface area contributed by atoms with E-state index in [2.05, 4.69) is 11.6 Å². The molecule has 0 radical (unpaired) electrons. The van der Waals surface area contributed by atoms with Crippen molar-refractivity contribution in [3.8, 4) is 5.75 Å². The number of sulfonamides is 1. The predicted molar refractivity (Wildman–Crippen MR) is 89.0 cm³/mol. The summed E-state index contributed by atoms with van der Waals surface area (Å²) in [4.78, 5) is 0.245. The Morgan fingerprint density at radius 3 is 2.36 bits per heavy atom. The second-order valence-corrected chi connectivity index (χ2v) is 6.89. The summed E-state index contributed by atoms with van der Waals surface area (Å²) in [6, 6.07) is 12.3. The van der Waals surface area contributed by atoms with E-state index < -0.39 is 10.0 Å². The van der Waals surface area contributed by atoms with E-state index in [4.69, 9.17) is 4.74 Å². The Kier molecular flexibility index (Phi) is 5.08. The summed E-state index contributed by atoms with van der Waals surface area (Å²) in [7, 11) is -2.10. The van der Waals surface area contributed by atoms with E-state index in [-0.39, 0.29) is 4.90 Å². The van der Waals surface area contributed by atoms with Gasteiger partial charge in [-0.3, -0.25) is 4.72 Å². The van der Waals surface area contributed by atoms with Gasteiger partial charge in [0.2, 0.25) is 0 Å². The van der Waals surface area contributed by atoms with Gasteiger partial charge in [-0.15, -0.1) is 0 Å². The van der Waals surface area contributed by atoms with E-state index in [9.17, 15) is 8.42 Å². The van der Waals surface area contributed by atoms with Crippen LogP contribution in [0, 0.1) is 6.92 Å². The molecule has 22 heavy (non-hydrogen) atoms. The number of methoxy groups -OCH3 is 1. The van der Waals surface area contributed by atoms with E-state index >= 15 is 0 Å². The van der Waals surface area contributed by atoms with Gasteiger partial charge in [0.15, 0.2) is 0 Å². The van der Waals surface area contributed by atoms with Crippen molar-refractivity contribution in [1.29, 1.82) is 0 Å². The van der Waals surface area contributed by atoms with Crippen molar-refractivity contribution in [3.05, 3.63) is 53.6 Å². The van der Waals surface area contributed by atoms with Crippen LogP contribution >= 0.6 is 0 Å². The molecule has 0 heterocycles. The minimum atomic E-state index is -3.62. The molecule has 2 aromatic rings. The van der Waals surface area contributed by atoms with Crippen LogP contribution in [0.2, 0.25) is 0 Å². The smallest absolute Gasteiger partial charge is 0.262 e. The molecule has 0 aromatic heterocycles. The molecule has 1 N–H and O–H groups in total. The van der Waals surface area contributed by atoms with Crippen LogP contribution in [0.3, 0.4) is 0 Å². The third kappa shape index (κ3) is 3.80. The van der Waals surface area contributed by atoms with E-state index in [0.717, 1.165) is 24.0 Å². The highest BCUT2D eigenvalue weighted by Crippen LogP contribution is 2.27. The lowest BCUT2D eigenvalue weighted by Crippen LogP contribution is -2.13. The molecular weight excluding hydrogens is 298 g/mol. The Balaban J connectivity index is 2.27. The highest BCUT2D eigenvalue weighted by Gasteiger charge is 2.16. The van der Waals surface area contributed by atoms with Gasteiger partial charge < -0.3 is 4.74 Å². The summed E-state index contributed by atoms with van der Waals surface area (Å²) >= 11 is 0. The maximum atomic E-state index is 12.5. The van der Waals surface area contributed by atoms with Gasteiger partial charge in [-0.25, -0.2) is 8.42 Å². The molecule has 0 amide bonds. The van der Waals surface area contributed by atoms with Crippen LogP contribution in [0.1, 0.15) is 24.5 Å². The molecule has 0 saturated heterocycles. The largest absolute Gasteiger partial charge is 0.495 e. The first kappa shape index (κ1) is 16.4. The normalized spacial score (nSPS) is 11.2. The number of rotatable bonds is 6. The summed E-state index contributed by atoms with van der Waals surface area (Å²) in [6.45, 7) is 4.02. The molecule has 0 bridgehead atoms. The van der Waals surface area contributed by atoms with Crippen molar-refractivity contribution in [3.63, 3.8) is 0 Å². The third-order valence-electron chi connectivity index (χ3n) is 3.37. The van der Waals surface area contributed by atoms with Crippen LogP contribution < -0.4 is 9.46 Å². The van der Waals surface area contributed by atoms with Crippen molar-refractivity contribution in [2.24, 2.45) is 0 Å². The minimum Gasteiger partial charge on any atom is -0.495 e. The molecule has 0 atom stereocenters. The van der Waals surface area contributed by atoms with Gasteiger partial charge in [0.25, 0.3) is 10.0 Å².